The fourth-order valence-corrected chi connectivity index (χ4v) is 2.53. The Morgan fingerprint density at radius 1 is 1.21 bits per heavy atom. The van der Waals surface area contributed by atoms with E-state index < -0.39 is 11.9 Å². The lowest BCUT2D eigenvalue weighted by Gasteiger charge is -2.28. The summed E-state index contributed by atoms with van der Waals surface area (Å²) in [5, 5.41) is 2.82. The maximum absolute atomic E-state index is 11.6. The molecule has 1 rings (SSSR count). The van der Waals surface area contributed by atoms with Gasteiger partial charge in [0.25, 0.3) is 0 Å². The fourth-order valence-electron chi connectivity index (χ4n) is 2.53. The molecule has 0 aromatic carbocycles. The molecule has 19 heavy (non-hydrogen) atoms. The summed E-state index contributed by atoms with van der Waals surface area (Å²) in [6.45, 7) is 2.90. The average molecular weight is 292 g/mol. The number of hydrogen-bond donors (Lipinski definition) is 3. The molecule has 5 N–H and O–H groups in total. The van der Waals surface area contributed by atoms with Gasteiger partial charge >= 0.3 is 0 Å². The molecule has 5 nitrogen and oxygen atoms in total. The molecule has 0 spiro atoms. The van der Waals surface area contributed by atoms with Crippen LogP contribution in [-0.4, -0.2) is 24.4 Å². The molecule has 112 valence electrons. The fraction of sp³-hybridized carbons (Fsp3) is 0.846. The number of carbonyl (C=O) groups is 2. The van der Waals surface area contributed by atoms with Gasteiger partial charge in [-0.15, -0.1) is 12.4 Å². The third-order valence-electron chi connectivity index (χ3n) is 3.87. The van der Waals surface area contributed by atoms with Crippen molar-refractivity contribution in [3.8, 4) is 0 Å². The van der Waals surface area contributed by atoms with Crippen LogP contribution in [0.5, 0.6) is 0 Å². The van der Waals surface area contributed by atoms with E-state index in [9.17, 15) is 9.59 Å². The van der Waals surface area contributed by atoms with E-state index in [1.165, 1.54) is 32.1 Å². The Labute approximate surface area is 121 Å². The van der Waals surface area contributed by atoms with Crippen LogP contribution in [0, 0.1) is 11.8 Å². The Morgan fingerprint density at radius 2 is 1.74 bits per heavy atom. The van der Waals surface area contributed by atoms with Crippen molar-refractivity contribution in [1.82, 2.24) is 5.32 Å². The Kier molecular flexibility index (Phi) is 8.76. The van der Waals surface area contributed by atoms with Crippen LogP contribution in [0.15, 0.2) is 0 Å². The third-order valence-corrected chi connectivity index (χ3v) is 3.87. The van der Waals surface area contributed by atoms with E-state index in [4.69, 9.17) is 11.5 Å². The minimum absolute atomic E-state index is 0. The van der Waals surface area contributed by atoms with Crippen LogP contribution >= 0.6 is 12.4 Å². The van der Waals surface area contributed by atoms with Crippen molar-refractivity contribution < 1.29 is 9.59 Å². The van der Waals surface area contributed by atoms with Crippen molar-refractivity contribution in [3.05, 3.63) is 0 Å². The van der Waals surface area contributed by atoms with Crippen LogP contribution in [-0.2, 0) is 9.59 Å². The first-order valence-corrected chi connectivity index (χ1v) is 6.84. The lowest BCUT2D eigenvalue weighted by molar-refractivity contribution is -0.126. The highest BCUT2D eigenvalue weighted by molar-refractivity contribution is 5.87. The minimum Gasteiger partial charge on any atom is -0.370 e. The van der Waals surface area contributed by atoms with Gasteiger partial charge in [0.2, 0.25) is 11.8 Å². The smallest absolute Gasteiger partial charge is 0.237 e. The van der Waals surface area contributed by atoms with Crippen molar-refractivity contribution in [3.63, 3.8) is 0 Å². The average Bonchev–Trinajstić information content (AvgIpc) is 2.35. The molecule has 0 aromatic rings. The highest BCUT2D eigenvalue weighted by atomic mass is 35.5. The van der Waals surface area contributed by atoms with Crippen LogP contribution in [0.25, 0.3) is 0 Å². The molecule has 0 aliphatic heterocycles. The second kappa shape index (κ2) is 9.15. The van der Waals surface area contributed by atoms with Gasteiger partial charge in [-0.3, -0.25) is 9.59 Å². The molecule has 1 aliphatic carbocycles. The molecule has 0 heterocycles. The van der Waals surface area contributed by atoms with E-state index in [1.54, 1.807) is 0 Å². The van der Waals surface area contributed by atoms with Gasteiger partial charge in [-0.25, -0.2) is 0 Å². The maximum Gasteiger partial charge on any atom is 0.237 e. The summed E-state index contributed by atoms with van der Waals surface area (Å²) in [6.07, 6.45) is 6.01. The van der Waals surface area contributed by atoms with Gasteiger partial charge in [0.1, 0.15) is 0 Å². The zero-order valence-electron chi connectivity index (χ0n) is 11.6. The molecule has 0 bridgehead atoms. The lowest BCUT2D eigenvalue weighted by atomic mass is 9.81. The molecule has 1 atom stereocenters. The molecule has 2 amide bonds. The van der Waals surface area contributed by atoms with Crippen molar-refractivity contribution in [2.75, 3.05) is 6.54 Å². The Bertz CT molecular complexity index is 292. The van der Waals surface area contributed by atoms with Crippen LogP contribution in [0.4, 0.5) is 0 Å². The standard InChI is InChI=1S/C13H25N3O2.ClH/c1-2-9-3-5-10(6-4-9)8-16-13(18)11(14)7-12(15)17;/h9-11H,2-8,14H2,1H3,(H2,15,17)(H,16,18);1H. The molecule has 0 aromatic heterocycles. The van der Waals surface area contributed by atoms with Gasteiger partial charge in [-0.1, -0.05) is 26.2 Å². The number of carbonyl (C=O) groups excluding carboxylic acids is 2. The molecule has 1 aliphatic rings. The van der Waals surface area contributed by atoms with Gasteiger partial charge in [-0.2, -0.15) is 0 Å². The zero-order chi connectivity index (χ0) is 13.5. The molecular weight excluding hydrogens is 266 g/mol. The van der Waals surface area contributed by atoms with Crippen LogP contribution < -0.4 is 16.8 Å². The molecule has 1 unspecified atom stereocenters. The monoisotopic (exact) mass is 291 g/mol. The van der Waals surface area contributed by atoms with Gasteiger partial charge in [0, 0.05) is 6.54 Å². The van der Waals surface area contributed by atoms with Gasteiger partial charge < -0.3 is 16.8 Å². The number of hydrogen-bond acceptors (Lipinski definition) is 3. The van der Waals surface area contributed by atoms with E-state index in [0.29, 0.717) is 12.5 Å². The van der Waals surface area contributed by atoms with Gasteiger partial charge in [0.15, 0.2) is 0 Å². The lowest BCUT2D eigenvalue weighted by Crippen LogP contribution is -2.44. The molecule has 1 fully saturated rings. The van der Waals surface area contributed by atoms with Gasteiger partial charge in [0.05, 0.1) is 12.5 Å². The normalized spacial score (nSPS) is 24.1. The maximum atomic E-state index is 11.6. The van der Waals surface area contributed by atoms with Crippen molar-refractivity contribution in [2.24, 2.45) is 23.3 Å². The predicted octanol–water partition coefficient (Wildman–Crippen LogP) is 0.944. The molecule has 0 radical (unpaired) electrons. The summed E-state index contributed by atoms with van der Waals surface area (Å²) in [7, 11) is 0. The van der Waals surface area contributed by atoms with E-state index in [2.05, 4.69) is 12.2 Å². The number of nitrogens with two attached hydrogens (primary N) is 2. The Balaban J connectivity index is 0.00000324. The summed E-state index contributed by atoms with van der Waals surface area (Å²) in [5.74, 6) is 0.596. The number of primary amides is 1. The number of rotatable bonds is 6. The Morgan fingerprint density at radius 3 is 2.21 bits per heavy atom. The van der Waals surface area contributed by atoms with Crippen molar-refractivity contribution in [2.45, 2.75) is 51.5 Å². The minimum atomic E-state index is -0.811. The summed E-state index contributed by atoms with van der Waals surface area (Å²) < 4.78 is 0. The molecule has 0 saturated heterocycles. The van der Waals surface area contributed by atoms with E-state index in [1.807, 2.05) is 0 Å². The quantitative estimate of drug-likeness (QED) is 0.679. The van der Waals surface area contributed by atoms with Crippen LogP contribution in [0.3, 0.4) is 0 Å². The predicted molar refractivity (Wildman–Crippen MR) is 77.8 cm³/mol. The molecule has 6 heteroatoms. The van der Waals surface area contributed by atoms with Crippen LogP contribution in [0.2, 0.25) is 0 Å². The first kappa shape index (κ1) is 18.2. The second-order valence-electron chi connectivity index (χ2n) is 5.32. The van der Waals surface area contributed by atoms with Crippen molar-refractivity contribution in [1.29, 1.82) is 0 Å². The highest BCUT2D eigenvalue weighted by Gasteiger charge is 2.22. The van der Waals surface area contributed by atoms with E-state index >= 15 is 0 Å². The molecular formula is C13H26ClN3O2. The van der Waals surface area contributed by atoms with Crippen LogP contribution in [0.1, 0.15) is 45.4 Å². The number of halogens is 1. The van der Waals surface area contributed by atoms with Crippen molar-refractivity contribution >= 4 is 24.2 Å². The van der Waals surface area contributed by atoms with Gasteiger partial charge in [-0.05, 0) is 24.7 Å². The number of amides is 2. The Hall–Kier alpha value is -0.810. The summed E-state index contributed by atoms with van der Waals surface area (Å²) in [4.78, 5) is 22.2. The largest absolute Gasteiger partial charge is 0.370 e. The first-order valence-electron chi connectivity index (χ1n) is 6.84. The summed E-state index contributed by atoms with van der Waals surface area (Å²) in [6, 6.07) is -0.811. The highest BCUT2D eigenvalue weighted by Crippen LogP contribution is 2.29. The summed E-state index contributed by atoms with van der Waals surface area (Å²) in [5.41, 5.74) is 10.6. The first-order chi connectivity index (χ1) is 8.52. The molecule has 1 saturated carbocycles. The topological polar surface area (TPSA) is 98.2 Å². The number of nitrogens with one attached hydrogen (secondary N) is 1. The van der Waals surface area contributed by atoms with E-state index in [0.717, 1.165) is 5.92 Å². The zero-order valence-corrected chi connectivity index (χ0v) is 12.4. The second-order valence-corrected chi connectivity index (χ2v) is 5.32. The van der Waals surface area contributed by atoms with E-state index in [-0.39, 0.29) is 24.7 Å². The SMILES string of the molecule is CCC1CCC(CNC(=O)C(N)CC(N)=O)CC1.Cl. The summed E-state index contributed by atoms with van der Waals surface area (Å²) >= 11 is 0. The third kappa shape index (κ3) is 6.78.